The van der Waals surface area contributed by atoms with E-state index in [4.69, 9.17) is 5.73 Å². The lowest BCUT2D eigenvalue weighted by atomic mass is 9.79. The first-order valence-corrected chi connectivity index (χ1v) is 5.01. The molecule has 0 aliphatic rings. The van der Waals surface area contributed by atoms with Crippen molar-refractivity contribution in [1.29, 1.82) is 0 Å². The van der Waals surface area contributed by atoms with E-state index in [2.05, 4.69) is 0 Å². The van der Waals surface area contributed by atoms with Gasteiger partial charge >= 0.3 is 5.97 Å². The van der Waals surface area contributed by atoms with Crippen LogP contribution < -0.4 is 5.73 Å². The molecule has 0 saturated heterocycles. The molecule has 3 heteroatoms. The smallest absolute Gasteiger partial charge is 0.313 e. The maximum atomic E-state index is 11.3. The highest BCUT2D eigenvalue weighted by Crippen LogP contribution is 2.28. The van der Waals surface area contributed by atoms with Crippen LogP contribution in [0, 0.1) is 6.92 Å². The summed E-state index contributed by atoms with van der Waals surface area (Å²) < 4.78 is 0. The van der Waals surface area contributed by atoms with Crippen LogP contribution in [0.3, 0.4) is 0 Å². The van der Waals surface area contributed by atoms with Gasteiger partial charge in [-0.3, -0.25) is 4.79 Å². The van der Waals surface area contributed by atoms with E-state index in [1.165, 1.54) is 0 Å². The molecule has 0 amide bonds. The summed E-state index contributed by atoms with van der Waals surface area (Å²) >= 11 is 0. The maximum Gasteiger partial charge on any atom is 0.313 e. The van der Waals surface area contributed by atoms with Crippen molar-refractivity contribution in [2.75, 3.05) is 6.54 Å². The van der Waals surface area contributed by atoms with Gasteiger partial charge in [-0.2, -0.15) is 0 Å². The van der Waals surface area contributed by atoms with Crippen LogP contribution in [0.5, 0.6) is 0 Å². The first-order valence-electron chi connectivity index (χ1n) is 5.01. The number of aryl methyl sites for hydroxylation is 1. The van der Waals surface area contributed by atoms with Gasteiger partial charge in [-0.15, -0.1) is 0 Å². The van der Waals surface area contributed by atoms with Gasteiger partial charge in [0.15, 0.2) is 0 Å². The summed E-state index contributed by atoms with van der Waals surface area (Å²) in [7, 11) is 0. The third kappa shape index (κ3) is 2.36. The zero-order valence-corrected chi connectivity index (χ0v) is 9.16. The minimum absolute atomic E-state index is 0.372. The van der Waals surface area contributed by atoms with Gasteiger partial charge in [0.05, 0.1) is 5.41 Å². The van der Waals surface area contributed by atoms with E-state index in [-0.39, 0.29) is 0 Å². The second-order valence-electron chi connectivity index (χ2n) is 4.05. The fraction of sp³-hybridized carbons (Fsp3) is 0.417. The summed E-state index contributed by atoms with van der Waals surface area (Å²) in [6, 6.07) is 7.58. The van der Waals surface area contributed by atoms with Crippen LogP contribution in [0.2, 0.25) is 0 Å². The van der Waals surface area contributed by atoms with E-state index in [0.29, 0.717) is 13.0 Å². The molecule has 1 rings (SSSR count). The molecule has 1 atom stereocenters. The van der Waals surface area contributed by atoms with Gasteiger partial charge in [0.25, 0.3) is 0 Å². The Kier molecular flexibility index (Phi) is 3.48. The molecule has 0 bridgehead atoms. The molecular weight excluding hydrogens is 190 g/mol. The SMILES string of the molecule is Cc1cccc(C(C)(CCN)C(=O)O)c1. The molecule has 0 radical (unpaired) electrons. The third-order valence-electron chi connectivity index (χ3n) is 2.77. The molecular formula is C12H17NO2. The zero-order chi connectivity index (χ0) is 11.5. The Balaban J connectivity index is 3.15. The number of hydrogen-bond acceptors (Lipinski definition) is 2. The normalized spacial score (nSPS) is 14.6. The highest BCUT2D eigenvalue weighted by molar-refractivity contribution is 5.80. The minimum Gasteiger partial charge on any atom is -0.481 e. The van der Waals surface area contributed by atoms with E-state index in [0.717, 1.165) is 11.1 Å². The molecule has 1 unspecified atom stereocenters. The Morgan fingerprint density at radius 2 is 2.20 bits per heavy atom. The molecule has 0 aromatic heterocycles. The highest BCUT2D eigenvalue weighted by atomic mass is 16.4. The van der Waals surface area contributed by atoms with Crippen LogP contribution in [-0.2, 0) is 10.2 Å². The number of nitrogens with two attached hydrogens (primary N) is 1. The summed E-state index contributed by atoms with van der Waals surface area (Å²) in [5.74, 6) is -0.821. The lowest BCUT2D eigenvalue weighted by Gasteiger charge is -2.25. The van der Waals surface area contributed by atoms with E-state index < -0.39 is 11.4 Å². The topological polar surface area (TPSA) is 63.3 Å². The lowest BCUT2D eigenvalue weighted by molar-refractivity contribution is -0.143. The first-order chi connectivity index (χ1) is 7.00. The molecule has 0 saturated carbocycles. The fourth-order valence-corrected chi connectivity index (χ4v) is 1.65. The molecule has 15 heavy (non-hydrogen) atoms. The van der Waals surface area contributed by atoms with Crippen molar-refractivity contribution in [1.82, 2.24) is 0 Å². The van der Waals surface area contributed by atoms with Crippen molar-refractivity contribution in [2.45, 2.75) is 25.7 Å². The van der Waals surface area contributed by atoms with Gasteiger partial charge in [0.2, 0.25) is 0 Å². The fourth-order valence-electron chi connectivity index (χ4n) is 1.65. The van der Waals surface area contributed by atoms with Crippen LogP contribution >= 0.6 is 0 Å². The number of aliphatic carboxylic acids is 1. The number of hydrogen-bond donors (Lipinski definition) is 2. The van der Waals surface area contributed by atoms with Crippen molar-refractivity contribution in [3.8, 4) is 0 Å². The van der Waals surface area contributed by atoms with Gasteiger partial charge in [-0.1, -0.05) is 29.8 Å². The van der Waals surface area contributed by atoms with Gasteiger partial charge in [0, 0.05) is 0 Å². The predicted octanol–water partition coefficient (Wildman–Crippen LogP) is 1.69. The van der Waals surface area contributed by atoms with Crippen molar-refractivity contribution in [3.05, 3.63) is 35.4 Å². The van der Waals surface area contributed by atoms with Crippen LogP contribution in [-0.4, -0.2) is 17.6 Å². The van der Waals surface area contributed by atoms with Crippen molar-refractivity contribution < 1.29 is 9.90 Å². The monoisotopic (exact) mass is 207 g/mol. The quantitative estimate of drug-likeness (QED) is 0.789. The molecule has 82 valence electrons. The largest absolute Gasteiger partial charge is 0.481 e. The van der Waals surface area contributed by atoms with E-state index in [9.17, 15) is 9.90 Å². The van der Waals surface area contributed by atoms with Gasteiger partial charge in [-0.05, 0) is 32.4 Å². The van der Waals surface area contributed by atoms with Gasteiger partial charge in [0.1, 0.15) is 0 Å². The molecule has 1 aromatic rings. The van der Waals surface area contributed by atoms with E-state index in [1.807, 2.05) is 31.2 Å². The molecule has 0 fully saturated rings. The van der Waals surface area contributed by atoms with Crippen molar-refractivity contribution >= 4 is 5.97 Å². The average Bonchev–Trinajstić information content (AvgIpc) is 2.17. The number of carboxylic acids is 1. The highest BCUT2D eigenvalue weighted by Gasteiger charge is 2.34. The van der Waals surface area contributed by atoms with Gasteiger partial charge < -0.3 is 10.8 Å². The Labute approximate surface area is 89.9 Å². The standard InChI is InChI=1S/C12H17NO2/c1-9-4-3-5-10(8-9)12(2,6-7-13)11(14)15/h3-5,8H,6-7,13H2,1-2H3,(H,14,15). The Hall–Kier alpha value is -1.35. The minimum atomic E-state index is -0.874. The molecule has 3 nitrogen and oxygen atoms in total. The first kappa shape index (κ1) is 11.7. The molecule has 1 aromatic carbocycles. The molecule has 0 aliphatic heterocycles. The molecule has 3 N–H and O–H groups in total. The zero-order valence-electron chi connectivity index (χ0n) is 9.16. The Morgan fingerprint density at radius 1 is 1.53 bits per heavy atom. The second kappa shape index (κ2) is 4.45. The van der Waals surface area contributed by atoms with Crippen LogP contribution in [0.4, 0.5) is 0 Å². The predicted molar refractivity (Wildman–Crippen MR) is 59.8 cm³/mol. The van der Waals surface area contributed by atoms with Crippen LogP contribution in [0.25, 0.3) is 0 Å². The average molecular weight is 207 g/mol. The summed E-state index contributed by atoms with van der Waals surface area (Å²) in [5.41, 5.74) is 6.48. The molecule has 0 spiro atoms. The van der Waals surface area contributed by atoms with Gasteiger partial charge in [-0.25, -0.2) is 0 Å². The summed E-state index contributed by atoms with van der Waals surface area (Å²) in [4.78, 5) is 11.3. The summed E-state index contributed by atoms with van der Waals surface area (Å²) in [6.45, 7) is 4.04. The summed E-state index contributed by atoms with van der Waals surface area (Å²) in [5, 5.41) is 9.25. The number of carboxylic acid groups (broad SMARTS) is 1. The van der Waals surface area contributed by atoms with Crippen molar-refractivity contribution in [3.63, 3.8) is 0 Å². The molecule has 0 heterocycles. The number of benzene rings is 1. The number of carbonyl (C=O) groups is 1. The number of rotatable bonds is 4. The lowest BCUT2D eigenvalue weighted by Crippen LogP contribution is -2.34. The van der Waals surface area contributed by atoms with E-state index in [1.54, 1.807) is 6.92 Å². The second-order valence-corrected chi connectivity index (χ2v) is 4.05. The Morgan fingerprint density at radius 3 is 2.67 bits per heavy atom. The maximum absolute atomic E-state index is 11.3. The Bertz CT molecular complexity index is 362. The van der Waals surface area contributed by atoms with E-state index >= 15 is 0 Å². The molecule has 0 aliphatic carbocycles. The van der Waals surface area contributed by atoms with Crippen LogP contribution in [0.1, 0.15) is 24.5 Å². The van der Waals surface area contributed by atoms with Crippen LogP contribution in [0.15, 0.2) is 24.3 Å². The summed E-state index contributed by atoms with van der Waals surface area (Å²) in [6.07, 6.45) is 0.450. The van der Waals surface area contributed by atoms with Crippen molar-refractivity contribution in [2.24, 2.45) is 5.73 Å². The third-order valence-corrected chi connectivity index (χ3v) is 2.77.